The first kappa shape index (κ1) is 10.5. The number of piperidine rings is 1. The van der Waals surface area contributed by atoms with Crippen molar-refractivity contribution in [3.05, 3.63) is 0 Å². The Morgan fingerprint density at radius 3 is 2.36 bits per heavy atom. The first-order chi connectivity index (χ1) is 6.67. The van der Waals surface area contributed by atoms with Gasteiger partial charge in [-0.1, -0.05) is 26.7 Å². The predicted molar refractivity (Wildman–Crippen MR) is 61.5 cm³/mol. The van der Waals surface area contributed by atoms with Gasteiger partial charge in [-0.25, -0.2) is 0 Å². The van der Waals surface area contributed by atoms with Gasteiger partial charge < -0.3 is 4.90 Å². The molecule has 0 aromatic heterocycles. The molecule has 1 heteroatoms. The largest absolute Gasteiger partial charge is 0.300 e. The van der Waals surface area contributed by atoms with E-state index in [1.165, 1.54) is 58.0 Å². The third-order valence-electron chi connectivity index (χ3n) is 4.09. The number of hydrogen-bond acceptors (Lipinski definition) is 1. The highest BCUT2D eigenvalue weighted by atomic mass is 15.2. The fraction of sp³-hybridized carbons (Fsp3) is 1.00. The van der Waals surface area contributed by atoms with Gasteiger partial charge >= 0.3 is 0 Å². The van der Waals surface area contributed by atoms with Crippen molar-refractivity contribution in [1.82, 2.24) is 4.90 Å². The highest BCUT2D eigenvalue weighted by molar-refractivity contribution is 4.86. The van der Waals surface area contributed by atoms with Gasteiger partial charge in [0, 0.05) is 6.04 Å². The Morgan fingerprint density at radius 2 is 1.71 bits per heavy atom. The first-order valence-electron chi connectivity index (χ1n) is 6.41. The van der Waals surface area contributed by atoms with E-state index < -0.39 is 0 Å². The lowest BCUT2D eigenvalue weighted by molar-refractivity contribution is 0.0794. The minimum Gasteiger partial charge on any atom is -0.300 e. The lowest BCUT2D eigenvalue weighted by Gasteiger charge is -2.42. The van der Waals surface area contributed by atoms with E-state index >= 15 is 0 Å². The van der Waals surface area contributed by atoms with Gasteiger partial charge in [0.2, 0.25) is 0 Å². The third-order valence-corrected chi connectivity index (χ3v) is 4.09. The summed E-state index contributed by atoms with van der Waals surface area (Å²) in [5.41, 5.74) is 0.611. The zero-order chi connectivity index (χ0) is 10.0. The topological polar surface area (TPSA) is 3.24 Å². The molecule has 1 saturated carbocycles. The number of nitrogens with zero attached hydrogens (tertiary/aromatic N) is 1. The van der Waals surface area contributed by atoms with E-state index in [0.717, 1.165) is 6.04 Å². The van der Waals surface area contributed by atoms with Gasteiger partial charge in [0.1, 0.15) is 0 Å². The molecule has 0 radical (unpaired) electrons. The van der Waals surface area contributed by atoms with Crippen molar-refractivity contribution >= 4 is 0 Å². The molecular formula is C13H25N. The second-order valence-corrected chi connectivity index (χ2v) is 6.01. The average molecular weight is 195 g/mol. The smallest absolute Gasteiger partial charge is 0.0100 e. The molecule has 0 N–H and O–H groups in total. The van der Waals surface area contributed by atoms with Gasteiger partial charge in [-0.3, -0.25) is 0 Å². The quantitative estimate of drug-likeness (QED) is 0.619. The Hall–Kier alpha value is -0.0400. The molecule has 1 nitrogen and oxygen atoms in total. The van der Waals surface area contributed by atoms with E-state index in [9.17, 15) is 0 Å². The van der Waals surface area contributed by atoms with Crippen molar-refractivity contribution in [2.75, 3.05) is 13.1 Å². The van der Waals surface area contributed by atoms with E-state index in [0.29, 0.717) is 5.41 Å². The lowest BCUT2D eigenvalue weighted by Crippen LogP contribution is -2.43. The molecule has 2 rings (SSSR count). The SMILES string of the molecule is CC1(C)CCC[C@@H](N2CCCCC2)C1. The summed E-state index contributed by atoms with van der Waals surface area (Å²) in [5.74, 6) is 0. The van der Waals surface area contributed by atoms with Crippen molar-refractivity contribution in [1.29, 1.82) is 0 Å². The Kier molecular flexibility index (Phi) is 3.16. The van der Waals surface area contributed by atoms with Gasteiger partial charge in [0.15, 0.2) is 0 Å². The zero-order valence-electron chi connectivity index (χ0n) is 9.89. The highest BCUT2D eigenvalue weighted by Gasteiger charge is 2.31. The van der Waals surface area contributed by atoms with Crippen LogP contribution in [0.3, 0.4) is 0 Å². The summed E-state index contributed by atoms with van der Waals surface area (Å²) in [5, 5.41) is 0. The maximum absolute atomic E-state index is 2.77. The Balaban J connectivity index is 1.89. The van der Waals surface area contributed by atoms with Gasteiger partial charge in [0.05, 0.1) is 0 Å². The monoisotopic (exact) mass is 195 g/mol. The molecule has 82 valence electrons. The Bertz CT molecular complexity index is 180. The van der Waals surface area contributed by atoms with Crippen molar-refractivity contribution in [3.8, 4) is 0 Å². The summed E-state index contributed by atoms with van der Waals surface area (Å²) < 4.78 is 0. The predicted octanol–water partition coefficient (Wildman–Crippen LogP) is 3.44. The van der Waals surface area contributed by atoms with Crippen molar-refractivity contribution in [3.63, 3.8) is 0 Å². The van der Waals surface area contributed by atoms with Crippen molar-refractivity contribution < 1.29 is 0 Å². The summed E-state index contributed by atoms with van der Waals surface area (Å²) in [4.78, 5) is 2.77. The van der Waals surface area contributed by atoms with Gasteiger partial charge in [-0.05, 0) is 50.6 Å². The van der Waals surface area contributed by atoms with Crippen LogP contribution < -0.4 is 0 Å². The van der Waals surface area contributed by atoms with Crippen LogP contribution in [0, 0.1) is 5.41 Å². The molecule has 0 unspecified atom stereocenters. The van der Waals surface area contributed by atoms with Gasteiger partial charge in [-0.2, -0.15) is 0 Å². The minimum atomic E-state index is 0.611. The standard InChI is InChI=1S/C13H25N/c1-13(2)8-6-7-12(11-13)14-9-4-3-5-10-14/h12H,3-11H2,1-2H3/t12-/m1/s1. The first-order valence-corrected chi connectivity index (χ1v) is 6.41. The van der Waals surface area contributed by atoms with E-state index in [1.54, 1.807) is 0 Å². The number of hydrogen-bond donors (Lipinski definition) is 0. The second kappa shape index (κ2) is 4.22. The maximum atomic E-state index is 2.77. The Morgan fingerprint density at radius 1 is 1.00 bits per heavy atom. The maximum Gasteiger partial charge on any atom is 0.0100 e. The molecule has 1 heterocycles. The molecule has 0 bridgehead atoms. The van der Waals surface area contributed by atoms with Crippen LogP contribution in [0.25, 0.3) is 0 Å². The number of likely N-dealkylation sites (tertiary alicyclic amines) is 1. The molecule has 14 heavy (non-hydrogen) atoms. The van der Waals surface area contributed by atoms with Crippen LogP contribution in [-0.2, 0) is 0 Å². The number of rotatable bonds is 1. The summed E-state index contributed by atoms with van der Waals surface area (Å²) >= 11 is 0. The summed E-state index contributed by atoms with van der Waals surface area (Å²) in [6, 6.07) is 0.916. The van der Waals surface area contributed by atoms with Crippen LogP contribution in [0.15, 0.2) is 0 Å². The zero-order valence-corrected chi connectivity index (χ0v) is 9.89. The third kappa shape index (κ3) is 2.50. The Labute approximate surface area is 88.9 Å². The van der Waals surface area contributed by atoms with Crippen molar-refractivity contribution in [2.24, 2.45) is 5.41 Å². The van der Waals surface area contributed by atoms with Gasteiger partial charge in [-0.15, -0.1) is 0 Å². The molecule has 0 aromatic carbocycles. The molecule has 1 saturated heterocycles. The molecule has 0 spiro atoms. The molecule has 0 amide bonds. The average Bonchev–Trinajstić information content (AvgIpc) is 2.18. The molecule has 0 aromatic rings. The summed E-state index contributed by atoms with van der Waals surface area (Å²) in [6.07, 6.45) is 10.1. The van der Waals surface area contributed by atoms with Crippen LogP contribution >= 0.6 is 0 Å². The fourth-order valence-electron chi connectivity index (χ4n) is 3.25. The molecule has 2 aliphatic rings. The molecule has 1 aliphatic heterocycles. The molecule has 1 atom stereocenters. The van der Waals surface area contributed by atoms with E-state index in [4.69, 9.17) is 0 Å². The summed E-state index contributed by atoms with van der Waals surface area (Å²) in [7, 11) is 0. The molecule has 2 fully saturated rings. The lowest BCUT2D eigenvalue weighted by atomic mass is 9.74. The van der Waals surface area contributed by atoms with Crippen LogP contribution in [0.5, 0.6) is 0 Å². The molecule has 1 aliphatic carbocycles. The van der Waals surface area contributed by atoms with Crippen LogP contribution in [0.1, 0.15) is 58.8 Å². The summed E-state index contributed by atoms with van der Waals surface area (Å²) in [6.45, 7) is 7.65. The second-order valence-electron chi connectivity index (χ2n) is 6.01. The van der Waals surface area contributed by atoms with Gasteiger partial charge in [0.25, 0.3) is 0 Å². The van der Waals surface area contributed by atoms with Crippen LogP contribution in [0.4, 0.5) is 0 Å². The van der Waals surface area contributed by atoms with Crippen molar-refractivity contribution in [2.45, 2.75) is 64.8 Å². The molecular weight excluding hydrogens is 170 g/mol. The minimum absolute atomic E-state index is 0.611. The van der Waals surface area contributed by atoms with E-state index in [1.807, 2.05) is 0 Å². The van der Waals surface area contributed by atoms with Crippen LogP contribution in [0.2, 0.25) is 0 Å². The van der Waals surface area contributed by atoms with Crippen LogP contribution in [-0.4, -0.2) is 24.0 Å². The highest BCUT2D eigenvalue weighted by Crippen LogP contribution is 2.37. The van der Waals surface area contributed by atoms with E-state index in [2.05, 4.69) is 18.7 Å². The van der Waals surface area contributed by atoms with E-state index in [-0.39, 0.29) is 0 Å². The fourth-order valence-corrected chi connectivity index (χ4v) is 3.25. The normalized spacial score (nSPS) is 34.3.